The number of primary amides is 1. The molecule has 1 aromatic rings. The molecule has 0 unspecified atom stereocenters. The summed E-state index contributed by atoms with van der Waals surface area (Å²) in [6, 6.07) is 4.15. The molecule has 0 radical (unpaired) electrons. The van der Waals surface area contributed by atoms with Crippen molar-refractivity contribution in [2.75, 3.05) is 0 Å². The highest BCUT2D eigenvalue weighted by Crippen LogP contribution is 2.24. The summed E-state index contributed by atoms with van der Waals surface area (Å²) in [5.74, 6) is -1.28. The summed E-state index contributed by atoms with van der Waals surface area (Å²) in [5.41, 5.74) is 5.23. The lowest BCUT2D eigenvalue weighted by atomic mass is 10.1. The van der Waals surface area contributed by atoms with Gasteiger partial charge in [-0.05, 0) is 25.5 Å². The minimum Gasteiger partial charge on any atom is -0.487 e. The van der Waals surface area contributed by atoms with Gasteiger partial charge in [-0.2, -0.15) is 0 Å². The van der Waals surface area contributed by atoms with Crippen LogP contribution in [0.3, 0.4) is 0 Å². The minimum atomic E-state index is -0.682. The number of ether oxygens (including phenoxy) is 1. The summed E-state index contributed by atoms with van der Waals surface area (Å²) in [6.45, 7) is 3.84. The van der Waals surface area contributed by atoms with Gasteiger partial charge in [0.15, 0.2) is 11.6 Å². The molecule has 1 atom stereocenters. The molecule has 0 aliphatic rings. The van der Waals surface area contributed by atoms with Crippen molar-refractivity contribution in [1.82, 2.24) is 0 Å². The Morgan fingerprint density at radius 2 is 2.25 bits per heavy atom. The summed E-state index contributed by atoms with van der Waals surface area (Å²) >= 11 is 0. The second-order valence-corrected chi connectivity index (χ2v) is 3.70. The number of hydrogen-bond donors (Lipinski definition) is 1. The summed E-state index contributed by atoms with van der Waals surface area (Å²) in [4.78, 5) is 11.1. The second kappa shape index (κ2) is 5.49. The summed E-state index contributed by atoms with van der Waals surface area (Å²) in [6.07, 6.45) is 1.59. The minimum absolute atomic E-state index is 0.0454. The van der Waals surface area contributed by atoms with Gasteiger partial charge in [0.25, 0.3) is 5.91 Å². The first-order valence-electron chi connectivity index (χ1n) is 5.31. The first-order valence-corrected chi connectivity index (χ1v) is 5.31. The highest BCUT2D eigenvalue weighted by Gasteiger charge is 2.16. The van der Waals surface area contributed by atoms with Crippen molar-refractivity contribution in [1.29, 1.82) is 0 Å². The lowest BCUT2D eigenvalue weighted by Gasteiger charge is -2.16. The number of para-hydroxylation sites is 1. The predicted octanol–water partition coefficient (Wildman–Crippen LogP) is 2.49. The van der Waals surface area contributed by atoms with Crippen LogP contribution in [0.2, 0.25) is 0 Å². The standard InChI is InChI=1S/C12H16FNO2/c1-3-5-8(2)16-11-9(12(14)15)6-4-7-10(11)13/h4,6-8H,3,5H2,1-2H3,(H2,14,15)/t8-/m0/s1. The lowest BCUT2D eigenvalue weighted by molar-refractivity contribution is 0.0991. The third-order valence-electron chi connectivity index (χ3n) is 2.25. The van der Waals surface area contributed by atoms with Gasteiger partial charge in [0.05, 0.1) is 11.7 Å². The second-order valence-electron chi connectivity index (χ2n) is 3.70. The Kier molecular flexibility index (Phi) is 4.28. The molecule has 0 aliphatic carbocycles. The molecule has 16 heavy (non-hydrogen) atoms. The normalized spacial score (nSPS) is 12.2. The average Bonchev–Trinajstić information content (AvgIpc) is 2.21. The zero-order valence-electron chi connectivity index (χ0n) is 9.50. The Balaban J connectivity index is 2.97. The van der Waals surface area contributed by atoms with Gasteiger partial charge in [-0.1, -0.05) is 19.4 Å². The van der Waals surface area contributed by atoms with E-state index in [2.05, 4.69) is 0 Å². The van der Waals surface area contributed by atoms with Crippen LogP contribution in [0.4, 0.5) is 4.39 Å². The number of hydrogen-bond acceptors (Lipinski definition) is 2. The van der Waals surface area contributed by atoms with Gasteiger partial charge >= 0.3 is 0 Å². The SMILES string of the molecule is CCC[C@H](C)Oc1c(F)cccc1C(N)=O. The van der Waals surface area contributed by atoms with Crippen LogP contribution in [-0.2, 0) is 0 Å². The number of halogens is 1. The number of benzene rings is 1. The van der Waals surface area contributed by atoms with Crippen LogP contribution in [0, 0.1) is 5.82 Å². The molecule has 0 aromatic heterocycles. The van der Waals surface area contributed by atoms with Crippen molar-refractivity contribution in [2.45, 2.75) is 32.8 Å². The Labute approximate surface area is 94.4 Å². The molecule has 0 bridgehead atoms. The van der Waals surface area contributed by atoms with Gasteiger partial charge in [-0.25, -0.2) is 4.39 Å². The number of nitrogens with two attached hydrogens (primary N) is 1. The van der Waals surface area contributed by atoms with E-state index in [4.69, 9.17) is 10.5 Å². The maximum Gasteiger partial charge on any atom is 0.252 e. The van der Waals surface area contributed by atoms with E-state index >= 15 is 0 Å². The largest absolute Gasteiger partial charge is 0.487 e. The monoisotopic (exact) mass is 225 g/mol. The van der Waals surface area contributed by atoms with E-state index in [9.17, 15) is 9.18 Å². The molecule has 0 heterocycles. The van der Waals surface area contributed by atoms with Crippen molar-refractivity contribution < 1.29 is 13.9 Å². The van der Waals surface area contributed by atoms with E-state index in [1.807, 2.05) is 13.8 Å². The molecular formula is C12H16FNO2. The van der Waals surface area contributed by atoms with E-state index < -0.39 is 11.7 Å². The first kappa shape index (κ1) is 12.5. The topological polar surface area (TPSA) is 52.3 Å². The molecule has 0 saturated carbocycles. The van der Waals surface area contributed by atoms with Gasteiger partial charge in [-0.15, -0.1) is 0 Å². The van der Waals surface area contributed by atoms with Gasteiger partial charge in [0, 0.05) is 0 Å². The van der Waals surface area contributed by atoms with Crippen LogP contribution in [0.25, 0.3) is 0 Å². The van der Waals surface area contributed by atoms with Crippen molar-refractivity contribution in [3.8, 4) is 5.75 Å². The van der Waals surface area contributed by atoms with E-state index in [1.165, 1.54) is 18.2 Å². The molecule has 0 aliphatic heterocycles. The predicted molar refractivity (Wildman–Crippen MR) is 59.9 cm³/mol. The van der Waals surface area contributed by atoms with Crippen molar-refractivity contribution in [3.63, 3.8) is 0 Å². The molecule has 4 heteroatoms. The highest BCUT2D eigenvalue weighted by atomic mass is 19.1. The number of rotatable bonds is 5. The van der Waals surface area contributed by atoms with E-state index in [-0.39, 0.29) is 17.4 Å². The molecule has 0 spiro atoms. The number of carbonyl (C=O) groups excluding carboxylic acids is 1. The smallest absolute Gasteiger partial charge is 0.252 e. The van der Waals surface area contributed by atoms with Crippen LogP contribution < -0.4 is 10.5 Å². The summed E-state index contributed by atoms with van der Waals surface area (Å²) in [7, 11) is 0. The Bertz CT molecular complexity index is 379. The maximum absolute atomic E-state index is 13.5. The van der Waals surface area contributed by atoms with Crippen molar-refractivity contribution >= 4 is 5.91 Å². The fraction of sp³-hybridized carbons (Fsp3) is 0.417. The van der Waals surface area contributed by atoms with Crippen LogP contribution in [-0.4, -0.2) is 12.0 Å². The molecule has 1 amide bonds. The van der Waals surface area contributed by atoms with Crippen molar-refractivity contribution in [3.05, 3.63) is 29.6 Å². The Hall–Kier alpha value is -1.58. The number of carbonyl (C=O) groups is 1. The van der Waals surface area contributed by atoms with E-state index in [1.54, 1.807) is 0 Å². The Morgan fingerprint density at radius 3 is 2.81 bits per heavy atom. The molecule has 1 rings (SSSR count). The first-order chi connectivity index (χ1) is 7.56. The van der Waals surface area contributed by atoms with Crippen LogP contribution in [0.15, 0.2) is 18.2 Å². The van der Waals surface area contributed by atoms with Crippen LogP contribution >= 0.6 is 0 Å². The third-order valence-corrected chi connectivity index (χ3v) is 2.25. The van der Waals surface area contributed by atoms with E-state index in [0.717, 1.165) is 12.8 Å². The zero-order chi connectivity index (χ0) is 12.1. The molecule has 88 valence electrons. The highest BCUT2D eigenvalue weighted by molar-refractivity contribution is 5.95. The lowest BCUT2D eigenvalue weighted by Crippen LogP contribution is -2.18. The maximum atomic E-state index is 13.5. The zero-order valence-corrected chi connectivity index (χ0v) is 9.50. The fourth-order valence-electron chi connectivity index (χ4n) is 1.49. The quantitative estimate of drug-likeness (QED) is 0.837. The van der Waals surface area contributed by atoms with Gasteiger partial charge in [0.2, 0.25) is 0 Å². The molecular weight excluding hydrogens is 209 g/mol. The van der Waals surface area contributed by atoms with Crippen molar-refractivity contribution in [2.24, 2.45) is 5.73 Å². The Morgan fingerprint density at radius 1 is 1.56 bits per heavy atom. The summed E-state index contributed by atoms with van der Waals surface area (Å²) in [5, 5.41) is 0. The summed E-state index contributed by atoms with van der Waals surface area (Å²) < 4.78 is 18.9. The van der Waals surface area contributed by atoms with Gasteiger partial charge in [0.1, 0.15) is 0 Å². The van der Waals surface area contributed by atoms with E-state index in [0.29, 0.717) is 0 Å². The molecule has 0 saturated heterocycles. The molecule has 1 aromatic carbocycles. The number of amides is 1. The molecule has 2 N–H and O–H groups in total. The van der Waals surface area contributed by atoms with Gasteiger partial charge < -0.3 is 10.5 Å². The van der Waals surface area contributed by atoms with Crippen LogP contribution in [0.5, 0.6) is 5.75 Å². The molecule has 3 nitrogen and oxygen atoms in total. The average molecular weight is 225 g/mol. The fourth-order valence-corrected chi connectivity index (χ4v) is 1.49. The third kappa shape index (κ3) is 2.95. The molecule has 0 fully saturated rings. The van der Waals surface area contributed by atoms with Gasteiger partial charge in [-0.3, -0.25) is 4.79 Å². The van der Waals surface area contributed by atoms with Crippen LogP contribution in [0.1, 0.15) is 37.0 Å².